The lowest BCUT2D eigenvalue weighted by Crippen LogP contribution is -2.36. The van der Waals surface area contributed by atoms with E-state index in [2.05, 4.69) is 19.2 Å². The third-order valence-electron chi connectivity index (χ3n) is 5.41. The van der Waals surface area contributed by atoms with Gasteiger partial charge in [-0.1, -0.05) is 56.3 Å². The van der Waals surface area contributed by atoms with Crippen molar-refractivity contribution in [1.29, 1.82) is 0 Å². The van der Waals surface area contributed by atoms with Crippen molar-refractivity contribution in [2.45, 2.75) is 45.6 Å². The number of imide groups is 1. The van der Waals surface area contributed by atoms with Gasteiger partial charge < -0.3 is 5.32 Å². The number of amides is 3. The second-order valence-electron chi connectivity index (χ2n) is 7.89. The van der Waals surface area contributed by atoms with Gasteiger partial charge in [0.1, 0.15) is 0 Å². The molecular weight excluding hydrogens is 340 g/mol. The molecule has 3 rings (SSSR count). The highest BCUT2D eigenvalue weighted by Crippen LogP contribution is 2.35. The van der Waals surface area contributed by atoms with Gasteiger partial charge in [0, 0.05) is 13.0 Å². The number of likely N-dealkylation sites (tertiary alicyclic amines) is 1. The number of carbonyl (C=O) groups is 3. The van der Waals surface area contributed by atoms with Crippen LogP contribution in [0, 0.1) is 17.8 Å². The number of allylic oxidation sites excluding steroid dienone is 2. The van der Waals surface area contributed by atoms with Gasteiger partial charge in [-0.2, -0.15) is 0 Å². The Labute approximate surface area is 160 Å². The normalized spacial score (nSPS) is 22.9. The van der Waals surface area contributed by atoms with Gasteiger partial charge in [0.15, 0.2) is 0 Å². The number of nitrogens with one attached hydrogen (secondary N) is 1. The van der Waals surface area contributed by atoms with Gasteiger partial charge in [0.25, 0.3) is 0 Å². The van der Waals surface area contributed by atoms with Crippen LogP contribution < -0.4 is 5.32 Å². The van der Waals surface area contributed by atoms with Gasteiger partial charge in [-0.3, -0.25) is 19.3 Å². The van der Waals surface area contributed by atoms with Crippen molar-refractivity contribution in [3.8, 4) is 0 Å². The average molecular weight is 368 g/mol. The maximum atomic E-state index is 12.5. The minimum atomic E-state index is -0.233. The molecule has 0 aromatic heterocycles. The van der Waals surface area contributed by atoms with Crippen molar-refractivity contribution in [2.24, 2.45) is 17.8 Å². The summed E-state index contributed by atoms with van der Waals surface area (Å²) in [5.74, 6) is -0.397. The molecule has 3 amide bonds. The maximum absolute atomic E-state index is 12.5. The van der Waals surface area contributed by atoms with E-state index < -0.39 is 0 Å². The highest BCUT2D eigenvalue weighted by atomic mass is 16.2. The number of rotatable bonds is 7. The molecule has 2 aliphatic rings. The molecule has 5 nitrogen and oxygen atoms in total. The largest absolute Gasteiger partial charge is 0.349 e. The van der Waals surface area contributed by atoms with Crippen LogP contribution in [0.15, 0.2) is 42.5 Å². The van der Waals surface area contributed by atoms with Crippen molar-refractivity contribution < 1.29 is 14.4 Å². The molecule has 1 aliphatic heterocycles. The fourth-order valence-electron chi connectivity index (χ4n) is 4.00. The number of nitrogens with zero attached hydrogens (tertiary/aromatic N) is 1. The zero-order valence-electron chi connectivity index (χ0n) is 16.1. The van der Waals surface area contributed by atoms with E-state index in [1.54, 1.807) is 0 Å². The molecule has 0 saturated carbocycles. The molecule has 1 N–H and O–H groups in total. The van der Waals surface area contributed by atoms with E-state index in [1.165, 1.54) is 4.90 Å². The molecule has 3 atom stereocenters. The topological polar surface area (TPSA) is 66.5 Å². The summed E-state index contributed by atoms with van der Waals surface area (Å²) in [5.41, 5.74) is 1.07. The number of fused-ring (bicyclic) bond motifs is 1. The average Bonchev–Trinajstić information content (AvgIpc) is 2.91. The molecule has 5 heteroatoms. The summed E-state index contributed by atoms with van der Waals surface area (Å²) in [5, 5.41) is 3.08. The van der Waals surface area contributed by atoms with Gasteiger partial charge in [0.05, 0.1) is 17.9 Å². The smallest absolute Gasteiger partial charge is 0.233 e. The summed E-state index contributed by atoms with van der Waals surface area (Å²) in [6.45, 7) is 4.42. The Bertz CT molecular complexity index is 700. The van der Waals surface area contributed by atoms with Crippen LogP contribution in [0.1, 0.15) is 51.1 Å². The van der Waals surface area contributed by atoms with Crippen molar-refractivity contribution in [1.82, 2.24) is 10.2 Å². The van der Waals surface area contributed by atoms with E-state index in [0.29, 0.717) is 18.8 Å². The van der Waals surface area contributed by atoms with E-state index in [0.717, 1.165) is 12.0 Å². The molecule has 0 radical (unpaired) electrons. The first-order chi connectivity index (χ1) is 13.0. The Morgan fingerprint density at radius 2 is 1.67 bits per heavy atom. The number of hydrogen-bond acceptors (Lipinski definition) is 3. The first-order valence-electron chi connectivity index (χ1n) is 9.82. The third-order valence-corrected chi connectivity index (χ3v) is 5.41. The van der Waals surface area contributed by atoms with Gasteiger partial charge in [0.2, 0.25) is 17.7 Å². The van der Waals surface area contributed by atoms with Gasteiger partial charge in [-0.05, 0) is 30.7 Å². The monoisotopic (exact) mass is 368 g/mol. The predicted octanol–water partition coefficient (Wildman–Crippen LogP) is 3.23. The molecule has 27 heavy (non-hydrogen) atoms. The van der Waals surface area contributed by atoms with Gasteiger partial charge in [-0.25, -0.2) is 0 Å². The van der Waals surface area contributed by atoms with Crippen LogP contribution in [0.25, 0.3) is 0 Å². The minimum Gasteiger partial charge on any atom is -0.349 e. The Morgan fingerprint density at radius 1 is 1.07 bits per heavy atom. The third kappa shape index (κ3) is 4.46. The fraction of sp³-hybridized carbons (Fsp3) is 0.500. The summed E-state index contributed by atoms with van der Waals surface area (Å²) < 4.78 is 0. The van der Waals surface area contributed by atoms with Crippen molar-refractivity contribution in [2.75, 3.05) is 6.54 Å². The molecule has 1 fully saturated rings. The number of carbonyl (C=O) groups excluding carboxylic acids is 3. The molecule has 0 unspecified atom stereocenters. The van der Waals surface area contributed by atoms with E-state index in [-0.39, 0.29) is 48.6 Å². The van der Waals surface area contributed by atoms with Crippen LogP contribution in [-0.4, -0.2) is 29.2 Å². The van der Waals surface area contributed by atoms with Crippen LogP contribution in [0.4, 0.5) is 0 Å². The van der Waals surface area contributed by atoms with E-state index in [4.69, 9.17) is 0 Å². The van der Waals surface area contributed by atoms with Crippen molar-refractivity contribution >= 4 is 17.7 Å². The van der Waals surface area contributed by atoms with Crippen LogP contribution in [0.2, 0.25) is 0 Å². The molecule has 1 aliphatic carbocycles. The maximum Gasteiger partial charge on any atom is 0.233 e. The molecule has 0 bridgehead atoms. The quantitative estimate of drug-likeness (QED) is 0.593. The Morgan fingerprint density at radius 3 is 2.22 bits per heavy atom. The van der Waals surface area contributed by atoms with Crippen LogP contribution in [-0.2, 0) is 14.4 Å². The SMILES string of the molecule is CC(C)C[C@@H](NC(=O)CCN1C(=O)[C@H]2CC=CC[C@H]2C1=O)c1ccccc1. The number of hydrogen-bond donors (Lipinski definition) is 1. The molecule has 1 aromatic rings. The van der Waals surface area contributed by atoms with Gasteiger partial charge in [-0.15, -0.1) is 0 Å². The number of benzene rings is 1. The van der Waals surface area contributed by atoms with Crippen LogP contribution in [0.3, 0.4) is 0 Å². The first kappa shape index (κ1) is 19.3. The van der Waals surface area contributed by atoms with Crippen molar-refractivity contribution in [3.63, 3.8) is 0 Å². The van der Waals surface area contributed by atoms with Crippen molar-refractivity contribution in [3.05, 3.63) is 48.0 Å². The molecule has 1 heterocycles. The second-order valence-corrected chi connectivity index (χ2v) is 7.89. The Hall–Kier alpha value is -2.43. The lowest BCUT2D eigenvalue weighted by Gasteiger charge is -2.22. The molecule has 144 valence electrons. The van der Waals surface area contributed by atoms with Gasteiger partial charge >= 0.3 is 0 Å². The first-order valence-corrected chi connectivity index (χ1v) is 9.82. The lowest BCUT2D eigenvalue weighted by atomic mass is 9.85. The second kappa shape index (κ2) is 8.51. The Kier molecular flexibility index (Phi) is 6.09. The van der Waals surface area contributed by atoms with E-state index in [1.807, 2.05) is 42.5 Å². The summed E-state index contributed by atoms with van der Waals surface area (Å²) >= 11 is 0. The Balaban J connectivity index is 1.58. The predicted molar refractivity (Wildman–Crippen MR) is 103 cm³/mol. The summed E-state index contributed by atoms with van der Waals surface area (Å²) in [6, 6.07) is 9.85. The molecule has 0 spiro atoms. The van der Waals surface area contributed by atoms with Crippen LogP contribution >= 0.6 is 0 Å². The minimum absolute atomic E-state index is 0.0598. The zero-order valence-corrected chi connectivity index (χ0v) is 16.1. The molecular formula is C22H28N2O3. The highest BCUT2D eigenvalue weighted by molar-refractivity contribution is 6.05. The van der Waals surface area contributed by atoms with E-state index >= 15 is 0 Å². The lowest BCUT2D eigenvalue weighted by molar-refractivity contribution is -0.140. The molecule has 1 aromatic carbocycles. The standard InChI is InChI=1S/C22H28N2O3/c1-15(2)14-19(16-8-4-3-5-9-16)23-20(25)12-13-24-21(26)17-10-6-7-11-18(17)22(24)27/h3-9,15,17-19H,10-14H2,1-2H3,(H,23,25)/t17-,18+,19-/m1/s1. The summed E-state index contributed by atoms with van der Waals surface area (Å²) in [7, 11) is 0. The van der Waals surface area contributed by atoms with E-state index in [9.17, 15) is 14.4 Å². The highest BCUT2D eigenvalue weighted by Gasteiger charge is 2.46. The molecule has 1 saturated heterocycles. The zero-order chi connectivity index (χ0) is 19.4. The fourth-order valence-corrected chi connectivity index (χ4v) is 4.00. The summed E-state index contributed by atoms with van der Waals surface area (Å²) in [4.78, 5) is 38.8. The summed E-state index contributed by atoms with van der Waals surface area (Å²) in [6.07, 6.45) is 6.18. The van der Waals surface area contributed by atoms with Crippen LogP contribution in [0.5, 0.6) is 0 Å².